The van der Waals surface area contributed by atoms with Gasteiger partial charge in [-0.25, -0.2) is 21.6 Å². The van der Waals surface area contributed by atoms with Gasteiger partial charge in [-0.15, -0.1) is 0 Å². The number of benzene rings is 1. The molecule has 114 valence electrons. The van der Waals surface area contributed by atoms with Gasteiger partial charge >= 0.3 is 5.97 Å². The smallest absolute Gasteiger partial charge is 0.335 e. The molecule has 6 nitrogen and oxygen atoms in total. The molecule has 0 aliphatic rings. The summed E-state index contributed by atoms with van der Waals surface area (Å²) in [6.07, 6.45) is 3.68. The van der Waals surface area contributed by atoms with Gasteiger partial charge in [-0.2, -0.15) is 0 Å². The summed E-state index contributed by atoms with van der Waals surface area (Å²) < 4.78 is 50.2. The normalized spacial score (nSPS) is 11.5. The van der Waals surface area contributed by atoms with E-state index in [1.165, 1.54) is 24.3 Å². The topological polar surface area (TPSA) is 94.6 Å². The van der Waals surface area contributed by atoms with Crippen LogP contribution in [0, 0.1) is 0 Å². The van der Waals surface area contributed by atoms with Gasteiger partial charge in [0.15, 0.2) is 23.9 Å². The molecule has 0 heterocycles. The summed E-state index contributed by atoms with van der Waals surface area (Å²) in [6.45, 7) is 3.25. The molecular formula is C13H14O6S2. The molecule has 0 radical (unpaired) electrons. The quantitative estimate of drug-likeness (QED) is 0.457. The Morgan fingerprint density at radius 1 is 1.05 bits per heavy atom. The minimum absolute atomic E-state index is 0.234. The van der Waals surface area contributed by atoms with Crippen LogP contribution in [0.25, 0.3) is 6.08 Å². The highest BCUT2D eigenvalue weighted by Gasteiger charge is 2.22. The first-order valence-corrected chi connectivity index (χ1v) is 9.38. The van der Waals surface area contributed by atoms with Crippen molar-refractivity contribution >= 4 is 31.7 Å². The lowest BCUT2D eigenvalue weighted by atomic mass is 10.2. The Morgan fingerprint density at radius 3 is 1.90 bits per heavy atom. The summed E-state index contributed by atoms with van der Waals surface area (Å²) >= 11 is 0. The number of ether oxygens (including phenoxy) is 1. The van der Waals surface area contributed by atoms with E-state index in [2.05, 4.69) is 6.58 Å². The van der Waals surface area contributed by atoms with Crippen LogP contribution in [0.2, 0.25) is 0 Å². The first kappa shape index (κ1) is 17.1. The highest BCUT2D eigenvalue weighted by atomic mass is 32.3. The number of hydrogen-bond donors (Lipinski definition) is 0. The Kier molecular flexibility index (Phi) is 5.08. The second-order valence-corrected chi connectivity index (χ2v) is 8.43. The predicted molar refractivity (Wildman–Crippen MR) is 79.9 cm³/mol. The van der Waals surface area contributed by atoms with Crippen molar-refractivity contribution in [2.75, 3.05) is 12.5 Å². The van der Waals surface area contributed by atoms with E-state index in [9.17, 15) is 21.6 Å². The molecule has 8 heteroatoms. The highest BCUT2D eigenvalue weighted by Crippen LogP contribution is 2.19. The van der Waals surface area contributed by atoms with Crippen LogP contribution < -0.4 is 4.74 Å². The minimum atomic E-state index is -3.88. The molecule has 0 spiro atoms. The molecule has 0 amide bonds. The van der Waals surface area contributed by atoms with Crippen LogP contribution in [0.5, 0.6) is 5.75 Å². The van der Waals surface area contributed by atoms with Crippen molar-refractivity contribution in [3.63, 3.8) is 0 Å². The van der Waals surface area contributed by atoms with Gasteiger partial charge in [0.1, 0.15) is 5.75 Å². The molecule has 0 saturated heterocycles. The van der Waals surface area contributed by atoms with Gasteiger partial charge in [0.2, 0.25) is 0 Å². The molecule has 0 bridgehead atoms. The molecule has 0 N–H and O–H groups in total. The lowest BCUT2D eigenvalue weighted by Gasteiger charge is -2.04. The zero-order valence-corrected chi connectivity index (χ0v) is 13.1. The number of sulfone groups is 2. The maximum atomic E-state index is 11.5. The summed E-state index contributed by atoms with van der Waals surface area (Å²) in [5.41, 5.74) is 0.347. The number of hydrogen-bond acceptors (Lipinski definition) is 6. The second-order valence-electron chi connectivity index (χ2n) is 4.20. The fraction of sp³-hybridized carbons (Fsp3) is 0.154. The van der Waals surface area contributed by atoms with E-state index in [4.69, 9.17) is 4.74 Å². The summed E-state index contributed by atoms with van der Waals surface area (Å²) in [5.74, 6) is -0.399. The van der Waals surface area contributed by atoms with Crippen molar-refractivity contribution in [2.24, 2.45) is 0 Å². The van der Waals surface area contributed by atoms with E-state index in [1.54, 1.807) is 0 Å². The Morgan fingerprint density at radius 2 is 1.52 bits per heavy atom. The first-order chi connectivity index (χ1) is 9.54. The maximum Gasteiger partial charge on any atom is 0.335 e. The molecular weight excluding hydrogens is 316 g/mol. The van der Waals surface area contributed by atoms with Crippen molar-refractivity contribution < 1.29 is 26.4 Å². The fourth-order valence-electron chi connectivity index (χ4n) is 1.42. The number of esters is 1. The molecule has 1 aromatic carbocycles. The Labute approximate surface area is 123 Å². The van der Waals surface area contributed by atoms with Gasteiger partial charge < -0.3 is 4.74 Å². The minimum Gasteiger partial charge on any atom is -0.423 e. The van der Waals surface area contributed by atoms with Crippen LogP contribution >= 0.6 is 0 Å². The lowest BCUT2D eigenvalue weighted by molar-refractivity contribution is -0.128. The van der Waals surface area contributed by atoms with Crippen LogP contribution in [-0.4, -0.2) is 35.3 Å². The van der Waals surface area contributed by atoms with E-state index in [0.29, 0.717) is 5.56 Å². The molecule has 0 aliphatic carbocycles. The van der Waals surface area contributed by atoms with Gasteiger partial charge in [0.25, 0.3) is 0 Å². The van der Waals surface area contributed by atoms with Gasteiger partial charge in [0.05, 0.1) is 0 Å². The monoisotopic (exact) mass is 330 g/mol. The lowest BCUT2D eigenvalue weighted by Crippen LogP contribution is -2.11. The van der Waals surface area contributed by atoms with Crippen LogP contribution in [0.4, 0.5) is 0 Å². The summed E-state index contributed by atoms with van der Waals surface area (Å²) in [4.78, 5) is 11.0. The number of carbonyl (C=O) groups is 1. The molecule has 0 aliphatic heterocycles. The molecule has 0 aromatic heterocycles. The van der Waals surface area contributed by atoms with E-state index < -0.39 is 29.9 Å². The second kappa shape index (κ2) is 6.23. The Balaban J connectivity index is 3.20. The molecule has 1 aromatic rings. The number of carbonyl (C=O) groups excluding carboxylic acids is 1. The van der Waals surface area contributed by atoms with Gasteiger partial charge in [0, 0.05) is 18.6 Å². The van der Waals surface area contributed by atoms with E-state index in [1.807, 2.05) is 0 Å². The van der Waals surface area contributed by atoms with Crippen molar-refractivity contribution in [1.82, 2.24) is 0 Å². The fourth-order valence-corrected chi connectivity index (χ4v) is 4.32. The van der Waals surface area contributed by atoms with Crippen LogP contribution in [0.15, 0.2) is 41.2 Å². The van der Waals surface area contributed by atoms with Crippen LogP contribution in [0.1, 0.15) is 5.56 Å². The molecule has 0 fully saturated rings. The van der Waals surface area contributed by atoms with Gasteiger partial charge in [-0.05, 0) is 23.8 Å². The number of rotatable bonds is 5. The third-order valence-electron chi connectivity index (χ3n) is 2.28. The Bertz CT molecular complexity index is 750. The van der Waals surface area contributed by atoms with E-state index in [-0.39, 0.29) is 5.75 Å². The van der Waals surface area contributed by atoms with Crippen LogP contribution in [-0.2, 0) is 24.5 Å². The third kappa shape index (κ3) is 5.16. The summed E-state index contributed by atoms with van der Waals surface area (Å²) in [6, 6.07) is 5.69. The largest absolute Gasteiger partial charge is 0.423 e. The molecule has 0 atom stereocenters. The Hall–Kier alpha value is -1.93. The molecule has 0 unspecified atom stereocenters. The predicted octanol–water partition coefficient (Wildman–Crippen LogP) is 1.17. The average Bonchev–Trinajstić information content (AvgIpc) is 2.34. The highest BCUT2D eigenvalue weighted by molar-refractivity contribution is 8.14. The van der Waals surface area contributed by atoms with Crippen molar-refractivity contribution in [3.05, 3.63) is 46.7 Å². The average molecular weight is 330 g/mol. The standard InChI is InChI=1S/C13H14O6S2/c1-4-12(14)19-11-7-5-10(6-8-11)9-13(20(2,15)16)21(3,17)18/h4-9H,1H2,2-3H3. The summed E-state index contributed by atoms with van der Waals surface area (Å²) in [7, 11) is -7.76. The van der Waals surface area contributed by atoms with Crippen molar-refractivity contribution in [2.45, 2.75) is 0 Å². The zero-order chi connectivity index (χ0) is 16.3. The zero-order valence-electron chi connectivity index (χ0n) is 11.4. The van der Waals surface area contributed by atoms with Gasteiger partial charge in [-0.1, -0.05) is 18.7 Å². The van der Waals surface area contributed by atoms with Crippen LogP contribution in [0.3, 0.4) is 0 Å². The van der Waals surface area contributed by atoms with Gasteiger partial charge in [-0.3, -0.25) is 0 Å². The van der Waals surface area contributed by atoms with E-state index in [0.717, 1.165) is 24.7 Å². The SMILES string of the molecule is C=CC(=O)Oc1ccc(C=C(S(C)(=O)=O)S(C)(=O)=O)cc1. The van der Waals surface area contributed by atoms with E-state index >= 15 is 0 Å². The maximum absolute atomic E-state index is 11.5. The summed E-state index contributed by atoms with van der Waals surface area (Å²) in [5, 5.41) is 0. The van der Waals surface area contributed by atoms with Crippen molar-refractivity contribution in [1.29, 1.82) is 0 Å². The first-order valence-electron chi connectivity index (χ1n) is 5.60. The molecule has 21 heavy (non-hydrogen) atoms. The van der Waals surface area contributed by atoms with Crippen molar-refractivity contribution in [3.8, 4) is 5.75 Å². The molecule has 0 saturated carbocycles. The molecule has 1 rings (SSSR count). The third-order valence-corrected chi connectivity index (χ3v) is 5.79.